The first-order valence-corrected chi connectivity index (χ1v) is 6.04. The summed E-state index contributed by atoms with van der Waals surface area (Å²) in [6.07, 6.45) is 1.82. The Morgan fingerprint density at radius 2 is 1.67 bits per heavy atom. The van der Waals surface area contributed by atoms with Crippen LogP contribution in [0.3, 0.4) is 0 Å². The van der Waals surface area contributed by atoms with Crippen molar-refractivity contribution in [3.05, 3.63) is 60.0 Å². The van der Waals surface area contributed by atoms with Crippen molar-refractivity contribution in [1.29, 1.82) is 0 Å². The van der Waals surface area contributed by atoms with Gasteiger partial charge < -0.3 is 0 Å². The SMILES string of the molecule is Cc1cnc(-c2cccc3ccccc23)c(C)n1. The number of fused-ring (bicyclic) bond motifs is 1. The molecule has 0 N–H and O–H groups in total. The van der Waals surface area contributed by atoms with Crippen molar-refractivity contribution in [2.75, 3.05) is 0 Å². The summed E-state index contributed by atoms with van der Waals surface area (Å²) < 4.78 is 0. The Kier molecular flexibility index (Phi) is 2.56. The van der Waals surface area contributed by atoms with Crippen molar-refractivity contribution in [2.24, 2.45) is 0 Å². The number of benzene rings is 2. The van der Waals surface area contributed by atoms with Crippen molar-refractivity contribution in [3.8, 4) is 11.3 Å². The van der Waals surface area contributed by atoms with Crippen molar-refractivity contribution in [1.82, 2.24) is 9.97 Å². The highest BCUT2D eigenvalue weighted by atomic mass is 14.8. The van der Waals surface area contributed by atoms with Crippen molar-refractivity contribution >= 4 is 10.8 Å². The van der Waals surface area contributed by atoms with Crippen LogP contribution in [0.1, 0.15) is 11.4 Å². The van der Waals surface area contributed by atoms with Crippen LogP contribution in [0, 0.1) is 13.8 Å². The first kappa shape index (κ1) is 10.9. The van der Waals surface area contributed by atoms with E-state index in [1.54, 1.807) is 0 Å². The van der Waals surface area contributed by atoms with Crippen LogP contribution < -0.4 is 0 Å². The number of hydrogen-bond acceptors (Lipinski definition) is 2. The van der Waals surface area contributed by atoms with Gasteiger partial charge in [-0.05, 0) is 24.6 Å². The summed E-state index contributed by atoms with van der Waals surface area (Å²) in [5.41, 5.74) is 4.05. The molecule has 2 aromatic carbocycles. The van der Waals surface area contributed by atoms with Gasteiger partial charge in [0, 0.05) is 11.8 Å². The summed E-state index contributed by atoms with van der Waals surface area (Å²) >= 11 is 0. The molecule has 0 unspecified atom stereocenters. The van der Waals surface area contributed by atoms with E-state index in [0.29, 0.717) is 0 Å². The highest BCUT2D eigenvalue weighted by Crippen LogP contribution is 2.28. The van der Waals surface area contributed by atoms with E-state index in [4.69, 9.17) is 0 Å². The van der Waals surface area contributed by atoms with Crippen LogP contribution in [-0.2, 0) is 0 Å². The van der Waals surface area contributed by atoms with Crippen LogP contribution in [0.5, 0.6) is 0 Å². The van der Waals surface area contributed by atoms with E-state index >= 15 is 0 Å². The van der Waals surface area contributed by atoms with Gasteiger partial charge in [-0.3, -0.25) is 9.97 Å². The van der Waals surface area contributed by atoms with Crippen LogP contribution in [0.25, 0.3) is 22.0 Å². The molecule has 0 bridgehead atoms. The van der Waals surface area contributed by atoms with Crippen LogP contribution in [0.2, 0.25) is 0 Å². The van der Waals surface area contributed by atoms with Gasteiger partial charge in [0.2, 0.25) is 0 Å². The molecule has 0 saturated heterocycles. The zero-order chi connectivity index (χ0) is 12.5. The number of aryl methyl sites for hydroxylation is 2. The Morgan fingerprint density at radius 1 is 0.889 bits per heavy atom. The van der Waals surface area contributed by atoms with Gasteiger partial charge in [-0.2, -0.15) is 0 Å². The van der Waals surface area contributed by atoms with Crippen LogP contribution in [0.4, 0.5) is 0 Å². The Morgan fingerprint density at radius 3 is 2.50 bits per heavy atom. The van der Waals surface area contributed by atoms with Crippen molar-refractivity contribution in [3.63, 3.8) is 0 Å². The monoisotopic (exact) mass is 234 g/mol. The fraction of sp³-hybridized carbons (Fsp3) is 0.125. The Labute approximate surface area is 106 Å². The van der Waals surface area contributed by atoms with E-state index in [2.05, 4.69) is 52.4 Å². The van der Waals surface area contributed by atoms with Gasteiger partial charge in [-0.25, -0.2) is 0 Å². The topological polar surface area (TPSA) is 25.8 Å². The maximum atomic E-state index is 4.54. The van der Waals surface area contributed by atoms with Crippen LogP contribution in [0.15, 0.2) is 48.7 Å². The molecular weight excluding hydrogens is 220 g/mol. The first-order chi connectivity index (χ1) is 8.75. The molecule has 2 heteroatoms. The van der Waals surface area contributed by atoms with E-state index in [1.807, 2.05) is 20.0 Å². The summed E-state index contributed by atoms with van der Waals surface area (Å²) in [5, 5.41) is 2.46. The zero-order valence-electron chi connectivity index (χ0n) is 10.5. The minimum Gasteiger partial charge on any atom is -0.255 e. The second-order valence-electron chi connectivity index (χ2n) is 4.47. The lowest BCUT2D eigenvalue weighted by atomic mass is 10.0. The maximum absolute atomic E-state index is 4.54. The van der Waals surface area contributed by atoms with Gasteiger partial charge in [-0.1, -0.05) is 42.5 Å². The first-order valence-electron chi connectivity index (χ1n) is 6.04. The Hall–Kier alpha value is -2.22. The van der Waals surface area contributed by atoms with E-state index in [1.165, 1.54) is 10.8 Å². The summed E-state index contributed by atoms with van der Waals surface area (Å²) in [7, 11) is 0. The minimum atomic E-state index is 0.955. The van der Waals surface area contributed by atoms with Crippen molar-refractivity contribution in [2.45, 2.75) is 13.8 Å². The lowest BCUT2D eigenvalue weighted by Crippen LogP contribution is -1.94. The molecule has 0 spiro atoms. The molecular formula is C16H14N2. The zero-order valence-corrected chi connectivity index (χ0v) is 10.5. The lowest BCUT2D eigenvalue weighted by Gasteiger charge is -2.08. The predicted molar refractivity (Wildman–Crippen MR) is 74.4 cm³/mol. The third-order valence-corrected chi connectivity index (χ3v) is 3.11. The molecule has 0 amide bonds. The fourth-order valence-corrected chi connectivity index (χ4v) is 2.29. The number of hydrogen-bond donors (Lipinski definition) is 0. The summed E-state index contributed by atoms with van der Waals surface area (Å²) in [6, 6.07) is 14.7. The van der Waals surface area contributed by atoms with Gasteiger partial charge in [0.05, 0.1) is 17.1 Å². The molecule has 1 heterocycles. The smallest absolute Gasteiger partial charge is 0.0920 e. The highest BCUT2D eigenvalue weighted by molar-refractivity contribution is 5.96. The average Bonchev–Trinajstić information content (AvgIpc) is 2.38. The van der Waals surface area contributed by atoms with E-state index in [0.717, 1.165) is 22.6 Å². The largest absolute Gasteiger partial charge is 0.255 e. The van der Waals surface area contributed by atoms with E-state index in [-0.39, 0.29) is 0 Å². The number of rotatable bonds is 1. The molecule has 3 rings (SSSR count). The second-order valence-corrected chi connectivity index (χ2v) is 4.47. The number of aromatic nitrogens is 2. The molecule has 0 radical (unpaired) electrons. The van der Waals surface area contributed by atoms with Crippen molar-refractivity contribution < 1.29 is 0 Å². The van der Waals surface area contributed by atoms with Gasteiger partial charge in [0.1, 0.15) is 0 Å². The molecule has 3 aromatic rings. The second kappa shape index (κ2) is 4.22. The Bertz CT molecular complexity index is 712. The van der Waals surface area contributed by atoms with Crippen LogP contribution in [-0.4, -0.2) is 9.97 Å². The van der Waals surface area contributed by atoms with Gasteiger partial charge >= 0.3 is 0 Å². The third kappa shape index (κ3) is 1.76. The summed E-state index contributed by atoms with van der Waals surface area (Å²) in [4.78, 5) is 9.03. The molecule has 0 aliphatic heterocycles. The highest BCUT2D eigenvalue weighted by Gasteiger charge is 2.08. The van der Waals surface area contributed by atoms with Gasteiger partial charge in [0.25, 0.3) is 0 Å². The number of nitrogens with zero attached hydrogens (tertiary/aromatic N) is 2. The van der Waals surface area contributed by atoms with Gasteiger partial charge in [0.15, 0.2) is 0 Å². The third-order valence-electron chi connectivity index (χ3n) is 3.11. The fourth-order valence-electron chi connectivity index (χ4n) is 2.29. The molecule has 1 aromatic heterocycles. The normalized spacial score (nSPS) is 10.8. The molecule has 88 valence electrons. The quantitative estimate of drug-likeness (QED) is 0.638. The van der Waals surface area contributed by atoms with Crippen LogP contribution >= 0.6 is 0 Å². The predicted octanol–water partition coefficient (Wildman–Crippen LogP) is 3.91. The molecule has 0 saturated carbocycles. The molecule has 0 atom stereocenters. The Balaban J connectivity index is 2.31. The molecule has 0 fully saturated rings. The van der Waals surface area contributed by atoms with E-state index in [9.17, 15) is 0 Å². The molecule has 2 nitrogen and oxygen atoms in total. The van der Waals surface area contributed by atoms with Gasteiger partial charge in [-0.15, -0.1) is 0 Å². The molecule has 18 heavy (non-hydrogen) atoms. The average molecular weight is 234 g/mol. The van der Waals surface area contributed by atoms with E-state index < -0.39 is 0 Å². The molecule has 0 aliphatic carbocycles. The minimum absolute atomic E-state index is 0.955. The summed E-state index contributed by atoms with van der Waals surface area (Å²) in [6.45, 7) is 3.98. The molecule has 0 aliphatic rings. The summed E-state index contributed by atoms with van der Waals surface area (Å²) in [5.74, 6) is 0. The standard InChI is InChI=1S/C16H14N2/c1-11-10-17-16(12(2)18-11)15-9-5-7-13-6-3-4-8-14(13)15/h3-10H,1-2H3. The maximum Gasteiger partial charge on any atom is 0.0920 e. The lowest BCUT2D eigenvalue weighted by molar-refractivity contribution is 1.06.